The summed E-state index contributed by atoms with van der Waals surface area (Å²) in [5, 5.41) is 9.23. The summed E-state index contributed by atoms with van der Waals surface area (Å²) in [6.07, 6.45) is 1.96. The average Bonchev–Trinajstić information content (AvgIpc) is 3.12. The van der Waals surface area contributed by atoms with E-state index in [1.165, 1.54) is 0 Å². The van der Waals surface area contributed by atoms with Crippen molar-refractivity contribution in [2.24, 2.45) is 0 Å². The van der Waals surface area contributed by atoms with E-state index in [1.54, 1.807) is 10.6 Å². The second-order valence-electron chi connectivity index (χ2n) is 7.08. The zero-order chi connectivity index (χ0) is 22.9. The number of sulfone groups is 1. The van der Waals surface area contributed by atoms with Gasteiger partial charge in [-0.2, -0.15) is 5.26 Å². The Hall–Kier alpha value is -3.61. The molecule has 1 atom stereocenters. The Morgan fingerprint density at radius 1 is 1.12 bits per heavy atom. The molecular weight excluding hydrogens is 450 g/mol. The van der Waals surface area contributed by atoms with Crippen molar-refractivity contribution in [3.63, 3.8) is 0 Å². The summed E-state index contributed by atoms with van der Waals surface area (Å²) >= 11 is 6.10. The molecule has 0 aliphatic rings. The lowest BCUT2D eigenvalue weighted by molar-refractivity contribution is 0.0969. The maximum Gasteiger partial charge on any atom is 0.247 e. The highest BCUT2D eigenvalue weighted by atomic mass is 35.5. The molecule has 32 heavy (non-hydrogen) atoms. The van der Waals surface area contributed by atoms with E-state index in [9.17, 15) is 18.5 Å². The number of Topliss-reactive ketones (excluding diaryl/α,β-unsaturated/α-hetero) is 1. The fourth-order valence-electron chi connectivity index (χ4n) is 3.32. The highest BCUT2D eigenvalue weighted by Gasteiger charge is 2.31. The molecule has 4 rings (SSSR count). The van der Waals surface area contributed by atoms with E-state index in [1.807, 2.05) is 54.6 Å². The molecule has 2 aromatic carbocycles. The van der Waals surface area contributed by atoms with Crippen molar-refractivity contribution < 1.29 is 13.2 Å². The number of fused-ring (bicyclic) bond motifs is 1. The number of ketones is 1. The number of para-hydroxylation sites is 2. The predicted octanol–water partition coefficient (Wildman–Crippen LogP) is 3.42. The second kappa shape index (κ2) is 8.49. The van der Waals surface area contributed by atoms with Crippen molar-refractivity contribution in [2.75, 3.05) is 6.26 Å². The minimum absolute atomic E-state index is 0.145. The van der Waals surface area contributed by atoms with Crippen LogP contribution in [-0.4, -0.2) is 40.0 Å². The summed E-state index contributed by atoms with van der Waals surface area (Å²) in [6, 6.07) is 18.8. The molecule has 0 unspecified atom stereocenters. The van der Waals surface area contributed by atoms with Crippen LogP contribution in [0.1, 0.15) is 27.8 Å². The molecule has 0 saturated carbocycles. The molecule has 0 N–H and O–H groups in total. The number of carbonyl (C=O) groups is 1. The summed E-state index contributed by atoms with van der Waals surface area (Å²) in [4.78, 5) is 25.4. The van der Waals surface area contributed by atoms with Gasteiger partial charge in [0.15, 0.2) is 5.92 Å². The van der Waals surface area contributed by atoms with E-state index >= 15 is 0 Å². The van der Waals surface area contributed by atoms with Crippen LogP contribution in [0.4, 0.5) is 0 Å². The first-order valence-electron chi connectivity index (χ1n) is 9.45. The van der Waals surface area contributed by atoms with Crippen LogP contribution in [0.3, 0.4) is 0 Å². The Kier molecular flexibility index (Phi) is 5.74. The number of nitriles is 1. The third-order valence-corrected chi connectivity index (χ3v) is 5.94. The molecule has 2 heterocycles. The number of halogens is 1. The maximum atomic E-state index is 13.3. The molecule has 4 aromatic rings. The average molecular weight is 466 g/mol. The number of imidazole rings is 1. The van der Waals surface area contributed by atoms with E-state index in [2.05, 4.69) is 15.0 Å². The number of rotatable bonds is 6. The van der Waals surface area contributed by atoms with Crippen LogP contribution in [0.5, 0.6) is 0 Å². The van der Waals surface area contributed by atoms with Crippen LogP contribution in [0.2, 0.25) is 5.02 Å². The lowest BCUT2D eigenvalue weighted by atomic mass is 10.0. The van der Waals surface area contributed by atoms with Gasteiger partial charge in [-0.15, -0.1) is 0 Å². The molecule has 0 aliphatic carbocycles. The summed E-state index contributed by atoms with van der Waals surface area (Å²) in [7, 11) is -3.78. The largest absolute Gasteiger partial charge is 0.322 e. The van der Waals surface area contributed by atoms with Crippen LogP contribution in [-0.2, 0) is 16.4 Å². The minimum atomic E-state index is -3.78. The van der Waals surface area contributed by atoms with Crippen molar-refractivity contribution in [3.8, 4) is 6.07 Å². The molecule has 160 valence electrons. The number of nitrogens with zero attached hydrogens (tertiary/aromatic N) is 5. The highest BCUT2D eigenvalue weighted by molar-refractivity contribution is 7.90. The van der Waals surface area contributed by atoms with Crippen LogP contribution in [0.25, 0.3) is 11.0 Å². The zero-order valence-corrected chi connectivity index (χ0v) is 18.4. The third-order valence-electron chi connectivity index (χ3n) is 4.80. The topological polar surface area (TPSA) is 119 Å². The molecule has 0 spiro atoms. The number of aromatic nitrogens is 4. The summed E-state index contributed by atoms with van der Waals surface area (Å²) in [5.41, 5.74) is 1.99. The van der Waals surface area contributed by atoms with Gasteiger partial charge >= 0.3 is 0 Å². The first-order chi connectivity index (χ1) is 15.3. The van der Waals surface area contributed by atoms with Gasteiger partial charge in [0.2, 0.25) is 20.8 Å². The van der Waals surface area contributed by atoms with Gasteiger partial charge in [-0.25, -0.2) is 23.4 Å². The summed E-state index contributed by atoms with van der Waals surface area (Å²) in [6.45, 7) is 0.383. The lowest BCUT2D eigenvalue weighted by Gasteiger charge is -2.13. The van der Waals surface area contributed by atoms with Gasteiger partial charge in [0.1, 0.15) is 11.5 Å². The summed E-state index contributed by atoms with van der Waals surface area (Å²) < 4.78 is 25.5. The fraction of sp³-hybridized carbons (Fsp3) is 0.136. The van der Waals surface area contributed by atoms with E-state index in [0.717, 1.165) is 23.5 Å². The Morgan fingerprint density at radius 2 is 1.81 bits per heavy atom. The number of hydrogen-bond acceptors (Lipinski definition) is 7. The molecule has 0 radical (unpaired) electrons. The first kappa shape index (κ1) is 21.6. The summed E-state index contributed by atoms with van der Waals surface area (Å²) in [5.74, 6) is -1.89. The van der Waals surface area contributed by atoms with E-state index in [-0.39, 0.29) is 16.5 Å². The van der Waals surface area contributed by atoms with Crippen molar-refractivity contribution >= 4 is 38.3 Å². The predicted molar refractivity (Wildman–Crippen MR) is 118 cm³/mol. The molecule has 0 bridgehead atoms. The SMILES string of the molecule is CS(=O)(=O)c1ncc(Cl)c(C(=O)[C@@H](C#N)c2nc3ccccc3n2Cc2ccccc2)n1. The van der Waals surface area contributed by atoms with E-state index in [4.69, 9.17) is 11.6 Å². The van der Waals surface area contributed by atoms with E-state index < -0.39 is 26.7 Å². The van der Waals surface area contributed by atoms with Crippen LogP contribution >= 0.6 is 11.6 Å². The highest BCUT2D eigenvalue weighted by Crippen LogP contribution is 2.28. The van der Waals surface area contributed by atoms with Crippen LogP contribution in [0, 0.1) is 11.3 Å². The van der Waals surface area contributed by atoms with Crippen molar-refractivity contribution in [3.05, 3.63) is 82.9 Å². The molecule has 10 heteroatoms. The normalized spacial score (nSPS) is 12.4. The van der Waals surface area contributed by atoms with Gasteiger partial charge in [0.25, 0.3) is 0 Å². The van der Waals surface area contributed by atoms with Crippen LogP contribution < -0.4 is 0 Å². The Morgan fingerprint density at radius 3 is 2.50 bits per heavy atom. The van der Waals surface area contributed by atoms with Crippen LogP contribution in [0.15, 0.2) is 66.0 Å². The molecular formula is C22H16ClN5O3S. The molecule has 0 fully saturated rings. The third kappa shape index (κ3) is 4.10. The number of carbonyl (C=O) groups excluding carboxylic acids is 1. The minimum Gasteiger partial charge on any atom is -0.322 e. The van der Waals surface area contributed by atoms with Gasteiger partial charge < -0.3 is 4.57 Å². The molecule has 8 nitrogen and oxygen atoms in total. The van der Waals surface area contributed by atoms with Crippen molar-refractivity contribution in [1.82, 2.24) is 19.5 Å². The lowest BCUT2D eigenvalue weighted by Crippen LogP contribution is -2.20. The van der Waals surface area contributed by atoms with Gasteiger partial charge in [0.05, 0.1) is 28.3 Å². The zero-order valence-electron chi connectivity index (χ0n) is 16.8. The Balaban J connectivity index is 1.85. The van der Waals surface area contributed by atoms with Crippen molar-refractivity contribution in [2.45, 2.75) is 17.6 Å². The molecule has 0 aliphatic heterocycles. The number of hydrogen-bond donors (Lipinski definition) is 0. The van der Waals surface area contributed by atoms with Crippen molar-refractivity contribution in [1.29, 1.82) is 5.26 Å². The van der Waals surface area contributed by atoms with Gasteiger partial charge in [-0.1, -0.05) is 54.1 Å². The first-order valence-corrected chi connectivity index (χ1v) is 11.7. The Bertz CT molecular complexity index is 1480. The second-order valence-corrected chi connectivity index (χ2v) is 9.39. The molecule has 0 amide bonds. The smallest absolute Gasteiger partial charge is 0.247 e. The van der Waals surface area contributed by atoms with E-state index in [0.29, 0.717) is 12.1 Å². The fourth-order valence-corrected chi connectivity index (χ4v) is 4.00. The van der Waals surface area contributed by atoms with Gasteiger partial charge in [0, 0.05) is 12.8 Å². The number of benzene rings is 2. The quantitative estimate of drug-likeness (QED) is 0.316. The maximum absolute atomic E-state index is 13.3. The molecule has 2 aromatic heterocycles. The molecule has 0 saturated heterocycles. The van der Waals surface area contributed by atoms with Gasteiger partial charge in [-0.3, -0.25) is 4.79 Å². The monoisotopic (exact) mass is 465 g/mol. The standard InChI is InChI=1S/C22H16ClN5O3S/c1-32(30,31)22-25-12-16(23)19(27-22)20(29)15(11-24)21-26-17-9-5-6-10-18(17)28(21)13-14-7-3-2-4-8-14/h2-10,12,15H,13H2,1H3/t15-/m1/s1. The Labute approximate surface area is 189 Å². The van der Waals surface area contributed by atoms with Gasteiger partial charge in [-0.05, 0) is 17.7 Å².